The predicted octanol–water partition coefficient (Wildman–Crippen LogP) is 3.90. The van der Waals surface area contributed by atoms with Gasteiger partial charge in [0.2, 0.25) is 0 Å². The summed E-state index contributed by atoms with van der Waals surface area (Å²) in [7, 11) is 0. The summed E-state index contributed by atoms with van der Waals surface area (Å²) in [6, 6.07) is 4.73. The van der Waals surface area contributed by atoms with Crippen molar-refractivity contribution in [3.8, 4) is 0 Å². The first-order valence-corrected chi connectivity index (χ1v) is 5.16. The average molecular weight is 305 g/mol. The third-order valence-electron chi connectivity index (χ3n) is 1.75. The van der Waals surface area contributed by atoms with Gasteiger partial charge in [-0.05, 0) is 34.1 Å². The summed E-state index contributed by atoms with van der Waals surface area (Å²) in [6.07, 6.45) is 1.68. The van der Waals surface area contributed by atoms with Gasteiger partial charge in [0, 0.05) is 21.4 Å². The van der Waals surface area contributed by atoms with Crippen LogP contribution in [0.5, 0.6) is 0 Å². The average Bonchev–Trinajstić information content (AvgIpc) is 2.07. The number of fused-ring (bicyclic) bond motifs is 1. The number of benzene rings is 1. The summed E-state index contributed by atoms with van der Waals surface area (Å²) in [4.78, 5) is 4.02. The number of pyridine rings is 1. The normalized spacial score (nSPS) is 10.7. The van der Waals surface area contributed by atoms with Gasteiger partial charge in [-0.2, -0.15) is 0 Å². The SMILES string of the molecule is Fc1cc(Br)c2ccnc(Br)c2c1. The molecule has 0 radical (unpaired) electrons. The van der Waals surface area contributed by atoms with Gasteiger partial charge < -0.3 is 0 Å². The van der Waals surface area contributed by atoms with Crippen LogP contribution in [0.4, 0.5) is 4.39 Å². The number of nitrogens with zero attached hydrogens (tertiary/aromatic N) is 1. The summed E-state index contributed by atoms with van der Waals surface area (Å²) >= 11 is 6.56. The van der Waals surface area contributed by atoms with E-state index in [0.717, 1.165) is 15.2 Å². The van der Waals surface area contributed by atoms with Crippen molar-refractivity contribution in [3.05, 3.63) is 39.3 Å². The highest BCUT2D eigenvalue weighted by Crippen LogP contribution is 2.28. The van der Waals surface area contributed by atoms with Gasteiger partial charge in [-0.3, -0.25) is 0 Å². The van der Waals surface area contributed by atoms with Crippen molar-refractivity contribution in [2.24, 2.45) is 0 Å². The minimum absolute atomic E-state index is 0.270. The van der Waals surface area contributed by atoms with Gasteiger partial charge in [-0.25, -0.2) is 9.37 Å². The van der Waals surface area contributed by atoms with Gasteiger partial charge in [0.15, 0.2) is 0 Å². The van der Waals surface area contributed by atoms with Gasteiger partial charge in [-0.1, -0.05) is 15.9 Å². The smallest absolute Gasteiger partial charge is 0.125 e. The lowest BCUT2D eigenvalue weighted by Crippen LogP contribution is -1.82. The summed E-state index contributed by atoms with van der Waals surface area (Å²) < 4.78 is 14.4. The standard InChI is InChI=1S/C9H4Br2FN/c10-8-4-5(12)3-7-6(8)1-2-13-9(7)11/h1-4H. The van der Waals surface area contributed by atoms with Crippen LogP contribution in [-0.4, -0.2) is 4.98 Å². The number of hydrogen-bond donors (Lipinski definition) is 0. The Morgan fingerprint density at radius 1 is 1.15 bits per heavy atom. The van der Waals surface area contributed by atoms with Crippen LogP contribution in [0, 0.1) is 5.82 Å². The molecule has 1 nitrogen and oxygen atoms in total. The van der Waals surface area contributed by atoms with E-state index >= 15 is 0 Å². The molecule has 13 heavy (non-hydrogen) atoms. The highest BCUT2D eigenvalue weighted by Gasteiger charge is 2.04. The molecule has 0 bridgehead atoms. The molecule has 2 aromatic rings. The van der Waals surface area contributed by atoms with Crippen LogP contribution >= 0.6 is 31.9 Å². The second-order valence-electron chi connectivity index (χ2n) is 2.58. The Balaban J connectivity index is 2.94. The molecule has 0 N–H and O–H groups in total. The Hall–Kier alpha value is -0.480. The third kappa shape index (κ3) is 1.60. The molecule has 1 aromatic carbocycles. The Morgan fingerprint density at radius 2 is 1.92 bits per heavy atom. The van der Waals surface area contributed by atoms with Crippen LogP contribution in [-0.2, 0) is 0 Å². The molecular weight excluding hydrogens is 301 g/mol. The summed E-state index contributed by atoms with van der Waals surface area (Å²) in [5.74, 6) is -0.270. The minimum atomic E-state index is -0.270. The van der Waals surface area contributed by atoms with Crippen LogP contribution in [0.25, 0.3) is 10.8 Å². The van der Waals surface area contributed by atoms with Gasteiger partial charge in [0.25, 0.3) is 0 Å². The molecular formula is C9H4Br2FN. The van der Waals surface area contributed by atoms with Crippen molar-refractivity contribution in [2.45, 2.75) is 0 Å². The van der Waals surface area contributed by atoms with Crippen molar-refractivity contribution in [1.82, 2.24) is 4.98 Å². The van der Waals surface area contributed by atoms with Gasteiger partial charge in [0.1, 0.15) is 10.4 Å². The molecule has 0 saturated heterocycles. The number of aromatic nitrogens is 1. The van der Waals surface area contributed by atoms with E-state index in [-0.39, 0.29) is 5.82 Å². The minimum Gasteiger partial charge on any atom is -0.249 e. The monoisotopic (exact) mass is 303 g/mol. The largest absolute Gasteiger partial charge is 0.249 e. The zero-order chi connectivity index (χ0) is 9.42. The molecule has 66 valence electrons. The maximum absolute atomic E-state index is 13.0. The zero-order valence-corrected chi connectivity index (χ0v) is 9.56. The molecule has 4 heteroatoms. The maximum atomic E-state index is 13.0. The van der Waals surface area contributed by atoms with E-state index < -0.39 is 0 Å². The van der Waals surface area contributed by atoms with Gasteiger partial charge >= 0.3 is 0 Å². The van der Waals surface area contributed by atoms with E-state index in [1.54, 1.807) is 6.20 Å². The van der Waals surface area contributed by atoms with Crippen LogP contribution in [0.15, 0.2) is 33.5 Å². The van der Waals surface area contributed by atoms with E-state index in [9.17, 15) is 4.39 Å². The Bertz CT molecular complexity index is 470. The van der Waals surface area contributed by atoms with Crippen molar-refractivity contribution in [3.63, 3.8) is 0 Å². The van der Waals surface area contributed by atoms with Crippen LogP contribution < -0.4 is 0 Å². The highest BCUT2D eigenvalue weighted by atomic mass is 79.9. The molecule has 0 aliphatic heterocycles. The molecule has 0 amide bonds. The fourth-order valence-corrected chi connectivity index (χ4v) is 2.18. The lowest BCUT2D eigenvalue weighted by Gasteiger charge is -2.01. The third-order valence-corrected chi connectivity index (χ3v) is 3.03. The molecule has 0 aliphatic carbocycles. The first kappa shape index (κ1) is 9.09. The quantitative estimate of drug-likeness (QED) is 0.673. The summed E-state index contributed by atoms with van der Waals surface area (Å²) in [6.45, 7) is 0. The molecule has 0 spiro atoms. The fourth-order valence-electron chi connectivity index (χ4n) is 1.17. The van der Waals surface area contributed by atoms with Crippen molar-refractivity contribution >= 4 is 42.6 Å². The molecule has 0 saturated carbocycles. The fraction of sp³-hybridized carbons (Fsp3) is 0. The lowest BCUT2D eigenvalue weighted by molar-refractivity contribution is 0.629. The Labute approximate surface area is 91.2 Å². The molecule has 0 unspecified atom stereocenters. The van der Waals surface area contributed by atoms with E-state index in [1.165, 1.54) is 12.1 Å². The molecule has 0 atom stereocenters. The van der Waals surface area contributed by atoms with E-state index in [4.69, 9.17) is 0 Å². The molecule has 2 rings (SSSR count). The number of halogens is 3. The van der Waals surface area contributed by atoms with Crippen molar-refractivity contribution in [2.75, 3.05) is 0 Å². The van der Waals surface area contributed by atoms with Crippen LogP contribution in [0.3, 0.4) is 0 Å². The predicted molar refractivity (Wildman–Crippen MR) is 57.1 cm³/mol. The second kappa shape index (κ2) is 3.35. The number of rotatable bonds is 0. The summed E-state index contributed by atoms with van der Waals surface area (Å²) in [5, 5.41) is 1.72. The lowest BCUT2D eigenvalue weighted by atomic mass is 10.2. The molecule has 1 aromatic heterocycles. The van der Waals surface area contributed by atoms with Crippen molar-refractivity contribution in [1.29, 1.82) is 0 Å². The van der Waals surface area contributed by atoms with E-state index in [1.807, 2.05) is 6.07 Å². The summed E-state index contributed by atoms with van der Waals surface area (Å²) in [5.41, 5.74) is 0. The first-order chi connectivity index (χ1) is 6.18. The van der Waals surface area contributed by atoms with Crippen molar-refractivity contribution < 1.29 is 4.39 Å². The maximum Gasteiger partial charge on any atom is 0.125 e. The van der Waals surface area contributed by atoms with Crippen LogP contribution in [0.1, 0.15) is 0 Å². The molecule has 0 fully saturated rings. The van der Waals surface area contributed by atoms with Crippen LogP contribution in [0.2, 0.25) is 0 Å². The van der Waals surface area contributed by atoms with Gasteiger partial charge in [0.05, 0.1) is 0 Å². The van der Waals surface area contributed by atoms with E-state index in [0.29, 0.717) is 4.60 Å². The van der Waals surface area contributed by atoms with Gasteiger partial charge in [-0.15, -0.1) is 0 Å². The topological polar surface area (TPSA) is 12.9 Å². The second-order valence-corrected chi connectivity index (χ2v) is 4.19. The Kier molecular flexibility index (Phi) is 2.34. The molecule has 0 aliphatic rings. The first-order valence-electron chi connectivity index (χ1n) is 3.58. The highest BCUT2D eigenvalue weighted by molar-refractivity contribution is 9.11. The zero-order valence-electron chi connectivity index (χ0n) is 6.39. The van der Waals surface area contributed by atoms with E-state index in [2.05, 4.69) is 36.8 Å². The number of hydrogen-bond acceptors (Lipinski definition) is 1. The molecule has 1 heterocycles. The Morgan fingerprint density at radius 3 is 2.69 bits per heavy atom.